The van der Waals surface area contributed by atoms with Crippen LogP contribution < -0.4 is 5.84 Å². The summed E-state index contributed by atoms with van der Waals surface area (Å²) in [6, 6.07) is 8.31. The third-order valence-corrected chi connectivity index (χ3v) is 6.09. The number of nitrogens with two attached hydrogens (primary N) is 1. The molecule has 0 bridgehead atoms. The Morgan fingerprint density at radius 2 is 2.12 bits per heavy atom. The third kappa shape index (κ3) is 3.08. The van der Waals surface area contributed by atoms with Gasteiger partial charge in [-0.15, -0.1) is 22.0 Å². The van der Waals surface area contributed by atoms with Crippen LogP contribution in [0.5, 0.6) is 0 Å². The quantitative estimate of drug-likeness (QED) is 0.410. The fourth-order valence-electron chi connectivity index (χ4n) is 2.54. The zero-order chi connectivity index (χ0) is 16.7. The molecular weight excluding hydrogens is 362 g/mol. The zero-order valence-corrected chi connectivity index (χ0v) is 15.5. The number of hydrogen-bond donors (Lipinski definition) is 1. The predicted octanol–water partition coefficient (Wildman–Crippen LogP) is 4.09. The number of halogens is 1. The van der Waals surface area contributed by atoms with Crippen LogP contribution in [-0.2, 0) is 5.75 Å². The van der Waals surface area contributed by atoms with Gasteiger partial charge in [0.15, 0.2) is 5.82 Å². The van der Waals surface area contributed by atoms with Crippen molar-refractivity contribution in [1.82, 2.24) is 19.9 Å². The van der Waals surface area contributed by atoms with Crippen LogP contribution >= 0.6 is 35.1 Å². The molecule has 2 heterocycles. The number of nitrogen functional groups attached to an aromatic ring is 1. The average molecular weight is 378 g/mol. The highest BCUT2D eigenvalue weighted by atomic mass is 35.5. The summed E-state index contributed by atoms with van der Waals surface area (Å²) in [5.41, 5.74) is 1.89. The van der Waals surface area contributed by atoms with Gasteiger partial charge in [-0.1, -0.05) is 29.4 Å². The van der Waals surface area contributed by atoms with E-state index in [2.05, 4.69) is 39.4 Å². The summed E-state index contributed by atoms with van der Waals surface area (Å²) in [5, 5.41) is 10.7. The smallest absolute Gasteiger partial charge is 0.210 e. The molecular formula is C16H16ClN5S2. The lowest BCUT2D eigenvalue weighted by Gasteiger charge is -2.07. The summed E-state index contributed by atoms with van der Waals surface area (Å²) >= 11 is 9.59. The molecule has 1 aliphatic carbocycles. The Morgan fingerprint density at radius 1 is 1.29 bits per heavy atom. The molecule has 24 heavy (non-hydrogen) atoms. The predicted molar refractivity (Wildman–Crippen MR) is 100 cm³/mol. The third-order valence-electron chi connectivity index (χ3n) is 4.04. The molecule has 0 aliphatic heterocycles. The van der Waals surface area contributed by atoms with Gasteiger partial charge in [0.1, 0.15) is 5.15 Å². The number of fused-ring (bicyclic) bond motifs is 1. The van der Waals surface area contributed by atoms with Crippen molar-refractivity contribution in [1.29, 1.82) is 0 Å². The van der Waals surface area contributed by atoms with Gasteiger partial charge in [0.25, 0.3) is 0 Å². The van der Waals surface area contributed by atoms with Crippen LogP contribution in [0.1, 0.15) is 30.1 Å². The van der Waals surface area contributed by atoms with Crippen LogP contribution in [0.25, 0.3) is 10.9 Å². The standard InChI is InChI=1S/C16H16ClN5S2/c1-23-12-5-4-10-6-11(14(17)19-13(10)7-12)8-24-16-21-20-15(22(16)18)9-2-3-9/h4-7,9H,2-3,8,18H2,1H3. The van der Waals surface area contributed by atoms with Crippen LogP contribution in [0, 0.1) is 0 Å². The molecule has 5 nitrogen and oxygen atoms in total. The van der Waals surface area contributed by atoms with Gasteiger partial charge < -0.3 is 5.84 Å². The topological polar surface area (TPSA) is 69.6 Å². The lowest BCUT2D eigenvalue weighted by Crippen LogP contribution is -2.13. The Hall–Kier alpha value is -1.44. The van der Waals surface area contributed by atoms with Gasteiger partial charge in [-0.05, 0) is 37.3 Å². The average Bonchev–Trinajstić information content (AvgIpc) is 3.36. The second kappa shape index (κ2) is 6.46. The van der Waals surface area contributed by atoms with Crippen molar-refractivity contribution in [3.63, 3.8) is 0 Å². The molecule has 4 rings (SSSR count). The highest BCUT2D eigenvalue weighted by Gasteiger charge is 2.29. The van der Waals surface area contributed by atoms with E-state index in [4.69, 9.17) is 17.4 Å². The van der Waals surface area contributed by atoms with Gasteiger partial charge in [0.2, 0.25) is 5.16 Å². The Kier molecular flexibility index (Phi) is 4.32. The van der Waals surface area contributed by atoms with Crippen LogP contribution in [0.15, 0.2) is 34.3 Å². The van der Waals surface area contributed by atoms with Gasteiger partial charge in [0, 0.05) is 27.5 Å². The van der Waals surface area contributed by atoms with Gasteiger partial charge in [-0.3, -0.25) is 0 Å². The minimum atomic E-state index is 0.480. The molecule has 2 aromatic heterocycles. The minimum absolute atomic E-state index is 0.480. The summed E-state index contributed by atoms with van der Waals surface area (Å²) in [6.45, 7) is 0. The van der Waals surface area contributed by atoms with Crippen LogP contribution in [0.3, 0.4) is 0 Å². The summed E-state index contributed by atoms with van der Waals surface area (Å²) in [5.74, 6) is 8.11. The minimum Gasteiger partial charge on any atom is -0.336 e. The molecule has 0 saturated heterocycles. The lowest BCUT2D eigenvalue weighted by molar-refractivity contribution is 0.790. The molecule has 8 heteroatoms. The van der Waals surface area contributed by atoms with Gasteiger partial charge in [0.05, 0.1) is 5.52 Å². The Morgan fingerprint density at radius 3 is 2.88 bits per heavy atom. The van der Waals surface area contributed by atoms with E-state index in [-0.39, 0.29) is 0 Å². The summed E-state index contributed by atoms with van der Waals surface area (Å²) in [6.07, 6.45) is 4.35. The van der Waals surface area contributed by atoms with Gasteiger partial charge >= 0.3 is 0 Å². The van der Waals surface area contributed by atoms with Crippen molar-refractivity contribution in [2.75, 3.05) is 12.1 Å². The van der Waals surface area contributed by atoms with Crippen molar-refractivity contribution < 1.29 is 0 Å². The number of pyridine rings is 1. The van der Waals surface area contributed by atoms with E-state index >= 15 is 0 Å². The van der Waals surface area contributed by atoms with Crippen LogP contribution in [0.2, 0.25) is 5.15 Å². The monoisotopic (exact) mass is 377 g/mol. The first-order chi connectivity index (χ1) is 11.7. The number of nitrogens with zero attached hydrogens (tertiary/aromatic N) is 4. The summed E-state index contributed by atoms with van der Waals surface area (Å²) in [4.78, 5) is 5.70. The maximum atomic E-state index is 6.37. The molecule has 124 valence electrons. The maximum absolute atomic E-state index is 6.37. The number of benzene rings is 1. The molecule has 3 aromatic rings. The largest absolute Gasteiger partial charge is 0.336 e. The van der Waals surface area contributed by atoms with E-state index in [9.17, 15) is 0 Å². The molecule has 0 spiro atoms. The summed E-state index contributed by atoms with van der Waals surface area (Å²) in [7, 11) is 0. The molecule has 1 saturated carbocycles. The first-order valence-corrected chi connectivity index (χ1v) is 10.2. The molecule has 1 aromatic carbocycles. The summed E-state index contributed by atoms with van der Waals surface area (Å²) < 4.78 is 1.61. The highest BCUT2D eigenvalue weighted by Crippen LogP contribution is 2.39. The first-order valence-electron chi connectivity index (χ1n) is 7.62. The van der Waals surface area contributed by atoms with E-state index in [1.54, 1.807) is 16.4 Å². The van der Waals surface area contributed by atoms with Crippen molar-refractivity contribution in [3.05, 3.63) is 40.8 Å². The zero-order valence-electron chi connectivity index (χ0n) is 13.1. The van der Waals surface area contributed by atoms with E-state index in [0.717, 1.165) is 35.1 Å². The van der Waals surface area contributed by atoms with Crippen molar-refractivity contribution >= 4 is 46.0 Å². The van der Waals surface area contributed by atoms with Gasteiger partial charge in [-0.25, -0.2) is 9.66 Å². The number of rotatable bonds is 5. The number of hydrogen-bond acceptors (Lipinski definition) is 6. The Balaban J connectivity index is 1.56. The molecule has 0 atom stereocenters. The highest BCUT2D eigenvalue weighted by molar-refractivity contribution is 7.98. The van der Waals surface area contributed by atoms with E-state index in [1.165, 1.54) is 16.7 Å². The van der Waals surface area contributed by atoms with E-state index in [0.29, 0.717) is 22.0 Å². The van der Waals surface area contributed by atoms with Crippen LogP contribution in [0.4, 0.5) is 0 Å². The van der Waals surface area contributed by atoms with Crippen molar-refractivity contribution in [2.45, 2.75) is 34.6 Å². The number of aromatic nitrogens is 4. The fourth-order valence-corrected chi connectivity index (χ4v) is 4.11. The maximum Gasteiger partial charge on any atom is 0.210 e. The van der Waals surface area contributed by atoms with E-state index < -0.39 is 0 Å². The molecule has 0 unspecified atom stereocenters. The Bertz CT molecular complexity index is 907. The Labute approximate surface area is 153 Å². The molecule has 0 amide bonds. The number of thioether (sulfide) groups is 2. The molecule has 1 aliphatic rings. The molecule has 2 N–H and O–H groups in total. The van der Waals surface area contributed by atoms with E-state index in [1.807, 2.05) is 6.26 Å². The SMILES string of the molecule is CSc1ccc2cc(CSc3nnc(C4CC4)n3N)c(Cl)nc2c1. The lowest BCUT2D eigenvalue weighted by atomic mass is 10.2. The normalized spacial score (nSPS) is 14.4. The first kappa shape index (κ1) is 16.1. The van der Waals surface area contributed by atoms with Crippen molar-refractivity contribution in [2.24, 2.45) is 0 Å². The second-order valence-corrected chi connectivity index (χ2v) is 7.95. The molecule has 1 fully saturated rings. The molecule has 0 radical (unpaired) electrons. The second-order valence-electron chi connectivity index (χ2n) is 5.77. The van der Waals surface area contributed by atoms with Crippen LogP contribution in [-0.4, -0.2) is 26.1 Å². The van der Waals surface area contributed by atoms with Crippen molar-refractivity contribution in [3.8, 4) is 0 Å². The van der Waals surface area contributed by atoms with Gasteiger partial charge in [-0.2, -0.15) is 0 Å². The fraction of sp³-hybridized carbons (Fsp3) is 0.312.